The van der Waals surface area contributed by atoms with E-state index in [2.05, 4.69) is 21.9 Å². The summed E-state index contributed by atoms with van der Waals surface area (Å²) in [5.74, 6) is 1.48. The largest absolute Gasteiger partial charge is 0.497 e. The maximum atomic E-state index is 13.5. The van der Waals surface area contributed by atoms with Crippen LogP contribution in [0.5, 0.6) is 5.75 Å². The summed E-state index contributed by atoms with van der Waals surface area (Å²) in [5, 5.41) is 0. The lowest BCUT2D eigenvalue weighted by Crippen LogP contribution is -2.56. The van der Waals surface area contributed by atoms with Crippen LogP contribution in [-0.4, -0.2) is 48.5 Å². The molecule has 0 aromatic heterocycles. The van der Waals surface area contributed by atoms with Crippen LogP contribution in [0.1, 0.15) is 30.4 Å². The highest BCUT2D eigenvalue weighted by Gasteiger charge is 2.38. The molecule has 4 rings (SSSR count). The Morgan fingerprint density at radius 3 is 2.69 bits per heavy atom. The van der Waals surface area contributed by atoms with Crippen LogP contribution in [0.25, 0.3) is 0 Å². The summed E-state index contributed by atoms with van der Waals surface area (Å²) >= 11 is 0. The van der Waals surface area contributed by atoms with Gasteiger partial charge in [0.05, 0.1) is 7.11 Å². The van der Waals surface area contributed by atoms with E-state index in [1.165, 1.54) is 11.6 Å². The summed E-state index contributed by atoms with van der Waals surface area (Å²) < 4.78 is 18.7. The molecule has 2 aromatic rings. The van der Waals surface area contributed by atoms with Crippen LogP contribution < -0.4 is 4.74 Å². The summed E-state index contributed by atoms with van der Waals surface area (Å²) in [6.45, 7) is 3.48. The van der Waals surface area contributed by atoms with E-state index in [1.807, 2.05) is 18.2 Å². The van der Waals surface area contributed by atoms with Gasteiger partial charge in [-0.05, 0) is 60.6 Å². The van der Waals surface area contributed by atoms with Crippen molar-refractivity contribution in [3.05, 3.63) is 65.5 Å². The van der Waals surface area contributed by atoms with Gasteiger partial charge in [0.15, 0.2) is 0 Å². The number of ether oxygens (including phenoxy) is 1. The highest BCUT2D eigenvalue weighted by atomic mass is 19.1. The molecule has 5 heteroatoms. The minimum absolute atomic E-state index is 0.176. The summed E-state index contributed by atoms with van der Waals surface area (Å²) in [6.07, 6.45) is 3.46. The molecule has 2 aliphatic heterocycles. The molecule has 2 atom stereocenters. The second-order valence-corrected chi connectivity index (χ2v) is 8.21. The number of piperidine rings is 2. The van der Waals surface area contributed by atoms with E-state index in [4.69, 9.17) is 4.74 Å². The van der Waals surface area contributed by atoms with Gasteiger partial charge in [-0.1, -0.05) is 24.3 Å². The molecular weight excluding hydrogens is 367 g/mol. The number of nitrogens with zero attached hydrogens (tertiary/aromatic N) is 2. The second kappa shape index (κ2) is 8.95. The number of methoxy groups -OCH3 is 1. The predicted octanol–water partition coefficient (Wildman–Crippen LogP) is 3.89. The summed E-state index contributed by atoms with van der Waals surface area (Å²) in [4.78, 5) is 17.2. The van der Waals surface area contributed by atoms with E-state index in [9.17, 15) is 9.18 Å². The first-order valence-electron chi connectivity index (χ1n) is 10.5. The quantitative estimate of drug-likeness (QED) is 0.743. The highest BCUT2D eigenvalue weighted by Crippen LogP contribution is 2.32. The van der Waals surface area contributed by atoms with Crippen LogP contribution in [0.3, 0.4) is 0 Å². The molecule has 2 aliphatic rings. The molecule has 0 N–H and O–H groups in total. The smallest absolute Gasteiger partial charge is 0.222 e. The summed E-state index contributed by atoms with van der Waals surface area (Å²) in [7, 11) is 1.67. The van der Waals surface area contributed by atoms with Crippen molar-refractivity contribution in [2.45, 2.75) is 38.3 Å². The molecule has 1 amide bonds. The van der Waals surface area contributed by atoms with Gasteiger partial charge in [0.25, 0.3) is 0 Å². The molecule has 0 aliphatic carbocycles. The van der Waals surface area contributed by atoms with Crippen molar-refractivity contribution in [1.29, 1.82) is 0 Å². The third-order valence-electron chi connectivity index (χ3n) is 6.32. The van der Waals surface area contributed by atoms with Crippen molar-refractivity contribution in [2.75, 3.05) is 26.7 Å². The number of amides is 1. The fourth-order valence-electron chi connectivity index (χ4n) is 4.80. The topological polar surface area (TPSA) is 32.8 Å². The van der Waals surface area contributed by atoms with Crippen LogP contribution in [0, 0.1) is 11.7 Å². The average molecular weight is 397 g/mol. The summed E-state index contributed by atoms with van der Waals surface area (Å²) in [5.41, 5.74) is 2.25. The van der Waals surface area contributed by atoms with Gasteiger partial charge in [0.2, 0.25) is 5.91 Å². The first-order valence-corrected chi connectivity index (χ1v) is 10.5. The molecule has 2 aromatic carbocycles. The van der Waals surface area contributed by atoms with Crippen LogP contribution in [0.4, 0.5) is 4.39 Å². The maximum Gasteiger partial charge on any atom is 0.222 e. The van der Waals surface area contributed by atoms with Gasteiger partial charge in [-0.3, -0.25) is 9.69 Å². The normalized spacial score (nSPS) is 22.4. The second-order valence-electron chi connectivity index (χ2n) is 8.21. The molecule has 0 spiro atoms. The Labute approximate surface area is 172 Å². The van der Waals surface area contributed by atoms with Crippen molar-refractivity contribution in [2.24, 2.45) is 5.92 Å². The van der Waals surface area contributed by atoms with Crippen LogP contribution in [-0.2, 0) is 17.8 Å². The average Bonchev–Trinajstić information content (AvgIpc) is 2.73. The third-order valence-corrected chi connectivity index (χ3v) is 6.32. The number of hydrogen-bond acceptors (Lipinski definition) is 3. The molecule has 4 nitrogen and oxygen atoms in total. The van der Waals surface area contributed by atoms with Gasteiger partial charge >= 0.3 is 0 Å². The minimum Gasteiger partial charge on any atom is -0.497 e. The van der Waals surface area contributed by atoms with Gasteiger partial charge in [0, 0.05) is 38.6 Å². The lowest BCUT2D eigenvalue weighted by atomic mass is 9.83. The predicted molar refractivity (Wildman–Crippen MR) is 111 cm³/mol. The zero-order chi connectivity index (χ0) is 20.2. The van der Waals surface area contributed by atoms with Gasteiger partial charge in [-0.25, -0.2) is 4.39 Å². The molecule has 154 valence electrons. The number of rotatable bonds is 6. The molecule has 2 fully saturated rings. The number of benzene rings is 2. The van der Waals surface area contributed by atoms with E-state index in [0.717, 1.165) is 56.8 Å². The Morgan fingerprint density at radius 1 is 1.10 bits per heavy atom. The fraction of sp³-hybridized carbons (Fsp3) is 0.458. The van der Waals surface area contributed by atoms with E-state index in [0.29, 0.717) is 24.3 Å². The van der Waals surface area contributed by atoms with Crippen molar-refractivity contribution in [3.63, 3.8) is 0 Å². The van der Waals surface area contributed by atoms with E-state index >= 15 is 0 Å². The lowest BCUT2D eigenvalue weighted by Gasteiger charge is -2.47. The fourth-order valence-corrected chi connectivity index (χ4v) is 4.80. The molecule has 0 unspecified atom stereocenters. The zero-order valence-corrected chi connectivity index (χ0v) is 17.0. The standard InChI is InChI=1S/C24H29FN2O2/c1-29-22-8-5-18(6-9-22)11-14-27-23-12-13-26(17-20(23)7-10-24(27)28)16-19-3-2-4-21(25)15-19/h2-6,8-9,15,20,23H,7,10-14,16-17H2,1H3/t20-,23+/m1/s1. The molecule has 0 bridgehead atoms. The first-order chi connectivity index (χ1) is 14.1. The highest BCUT2D eigenvalue weighted by molar-refractivity contribution is 5.77. The maximum absolute atomic E-state index is 13.5. The molecule has 0 radical (unpaired) electrons. The Balaban J connectivity index is 1.36. The number of carbonyl (C=O) groups is 1. The van der Waals surface area contributed by atoms with Crippen LogP contribution in [0.15, 0.2) is 48.5 Å². The lowest BCUT2D eigenvalue weighted by molar-refractivity contribution is -0.141. The minimum atomic E-state index is -0.176. The Bertz CT molecular complexity index is 839. The van der Waals surface area contributed by atoms with Gasteiger partial charge in [-0.2, -0.15) is 0 Å². The van der Waals surface area contributed by atoms with Crippen molar-refractivity contribution >= 4 is 5.91 Å². The molecule has 2 heterocycles. The third kappa shape index (κ3) is 4.78. The SMILES string of the molecule is COc1ccc(CCN2C(=O)CC[C@@H]3CN(Cc4cccc(F)c4)CC[C@@H]32)cc1. The van der Waals surface area contributed by atoms with E-state index in [1.54, 1.807) is 19.2 Å². The number of hydrogen-bond donors (Lipinski definition) is 0. The van der Waals surface area contributed by atoms with Gasteiger partial charge < -0.3 is 9.64 Å². The van der Waals surface area contributed by atoms with E-state index in [-0.39, 0.29) is 5.82 Å². The van der Waals surface area contributed by atoms with Crippen LogP contribution >= 0.6 is 0 Å². The first kappa shape index (κ1) is 19.9. The Morgan fingerprint density at radius 2 is 1.93 bits per heavy atom. The van der Waals surface area contributed by atoms with Crippen molar-refractivity contribution in [3.8, 4) is 5.75 Å². The molecule has 2 saturated heterocycles. The molecule has 29 heavy (non-hydrogen) atoms. The molecular formula is C24H29FN2O2. The van der Waals surface area contributed by atoms with E-state index < -0.39 is 0 Å². The van der Waals surface area contributed by atoms with Crippen molar-refractivity contribution in [1.82, 2.24) is 9.80 Å². The Hall–Kier alpha value is -2.40. The molecule has 0 saturated carbocycles. The Kier molecular flexibility index (Phi) is 6.14. The monoisotopic (exact) mass is 396 g/mol. The van der Waals surface area contributed by atoms with Gasteiger partial charge in [-0.15, -0.1) is 0 Å². The van der Waals surface area contributed by atoms with Gasteiger partial charge in [0.1, 0.15) is 11.6 Å². The number of halogens is 1. The summed E-state index contributed by atoms with van der Waals surface area (Å²) in [6, 6.07) is 15.3. The number of carbonyl (C=O) groups excluding carboxylic acids is 1. The van der Waals surface area contributed by atoms with Crippen LogP contribution in [0.2, 0.25) is 0 Å². The zero-order valence-electron chi connectivity index (χ0n) is 17.0. The van der Waals surface area contributed by atoms with Crippen molar-refractivity contribution < 1.29 is 13.9 Å². The number of likely N-dealkylation sites (tertiary alicyclic amines) is 2. The number of fused-ring (bicyclic) bond motifs is 1.